The molecule has 1 aromatic carbocycles. The van der Waals surface area contributed by atoms with Crippen LogP contribution in [0.1, 0.15) is 11.9 Å². The van der Waals surface area contributed by atoms with Crippen LogP contribution in [-0.2, 0) is 0 Å². The minimum Gasteiger partial charge on any atom is -0.370 e. The first-order valence-corrected chi connectivity index (χ1v) is 6.15. The Balaban J connectivity index is 2.11. The van der Waals surface area contributed by atoms with Crippen molar-refractivity contribution in [3.05, 3.63) is 46.4 Å². The number of H-pyrrole nitrogens is 1. The molecule has 0 fully saturated rings. The highest BCUT2D eigenvalue weighted by Crippen LogP contribution is 2.10. The molecule has 2 aromatic rings. The van der Waals surface area contributed by atoms with Gasteiger partial charge >= 0.3 is 11.3 Å². The van der Waals surface area contributed by atoms with E-state index in [2.05, 4.69) is 20.9 Å². The fourth-order valence-corrected chi connectivity index (χ4v) is 2.11. The zero-order valence-electron chi connectivity index (χ0n) is 10.2. The molecule has 0 bridgehead atoms. The molecule has 1 aliphatic rings. The third-order valence-corrected chi connectivity index (χ3v) is 2.95. The van der Waals surface area contributed by atoms with Crippen LogP contribution in [0.3, 0.4) is 0 Å². The van der Waals surface area contributed by atoms with E-state index in [0.29, 0.717) is 5.11 Å². The van der Waals surface area contributed by atoms with Gasteiger partial charge in [0.25, 0.3) is 0 Å². The lowest BCUT2D eigenvalue weighted by molar-refractivity contribution is -0.678. The van der Waals surface area contributed by atoms with Gasteiger partial charge in [0.05, 0.1) is 0 Å². The van der Waals surface area contributed by atoms with Gasteiger partial charge in [-0.25, -0.2) is 9.79 Å². The minimum atomic E-state index is -0.716. The Morgan fingerprint density at radius 1 is 1.35 bits per heavy atom. The highest BCUT2D eigenvalue weighted by atomic mass is 32.1. The number of hydrogen-bond acceptors (Lipinski definition) is 5. The average Bonchev–Trinajstić information content (AvgIpc) is 2.80. The van der Waals surface area contributed by atoms with Crippen molar-refractivity contribution in [2.24, 2.45) is 10.7 Å². The highest BCUT2D eigenvalue weighted by Gasteiger charge is 2.34. The number of nitrogens with one attached hydrogen (secondary N) is 3. The number of aromatic amines is 1. The van der Waals surface area contributed by atoms with Crippen molar-refractivity contribution < 1.29 is 9.20 Å². The second-order valence-corrected chi connectivity index (χ2v) is 4.46. The lowest BCUT2D eigenvalue weighted by atomic mass is 10.3. The van der Waals surface area contributed by atoms with E-state index in [1.807, 2.05) is 30.3 Å². The number of thiocarbonyl (C=S) groups is 1. The van der Waals surface area contributed by atoms with Crippen LogP contribution in [0.2, 0.25) is 0 Å². The first kappa shape index (κ1) is 12.4. The SMILES string of the molecule is NC1=NC(c2c(=O)o[nH][n+]2-c2ccccc2)NC(=S)N1. The van der Waals surface area contributed by atoms with Crippen molar-refractivity contribution in [3.8, 4) is 5.69 Å². The Bertz CT molecular complexity index is 735. The fraction of sp³-hybridized carbons (Fsp3) is 0.0909. The summed E-state index contributed by atoms with van der Waals surface area (Å²) >= 11 is 5.00. The van der Waals surface area contributed by atoms with Crippen molar-refractivity contribution >= 4 is 23.3 Å². The summed E-state index contributed by atoms with van der Waals surface area (Å²) < 4.78 is 6.33. The van der Waals surface area contributed by atoms with Gasteiger partial charge in [0.1, 0.15) is 0 Å². The zero-order valence-corrected chi connectivity index (χ0v) is 11.0. The van der Waals surface area contributed by atoms with Crippen LogP contribution in [0.25, 0.3) is 5.69 Å². The molecule has 0 saturated heterocycles. The molecule has 1 aliphatic heterocycles. The van der Waals surface area contributed by atoms with Crippen LogP contribution in [0.5, 0.6) is 0 Å². The Labute approximate surface area is 118 Å². The van der Waals surface area contributed by atoms with Gasteiger partial charge in [-0.15, -0.1) is 0 Å². The van der Waals surface area contributed by atoms with Crippen molar-refractivity contribution in [2.75, 3.05) is 0 Å². The molecule has 0 spiro atoms. The number of nitrogens with two attached hydrogens (primary N) is 1. The van der Waals surface area contributed by atoms with Gasteiger partial charge in [0.15, 0.2) is 11.1 Å². The Hall–Kier alpha value is -2.68. The maximum atomic E-state index is 11.9. The number of rotatable bonds is 2. The molecule has 0 saturated carbocycles. The summed E-state index contributed by atoms with van der Waals surface area (Å²) in [6.07, 6.45) is -0.716. The van der Waals surface area contributed by atoms with Crippen molar-refractivity contribution in [3.63, 3.8) is 0 Å². The average molecular weight is 291 g/mol. The number of aliphatic imine (C=N–C) groups is 1. The zero-order chi connectivity index (χ0) is 14.1. The van der Waals surface area contributed by atoms with Crippen molar-refractivity contribution in [2.45, 2.75) is 6.17 Å². The molecule has 20 heavy (non-hydrogen) atoms. The number of guanidine groups is 1. The quantitative estimate of drug-likeness (QED) is 0.418. The molecule has 0 radical (unpaired) electrons. The molecule has 0 amide bonds. The maximum absolute atomic E-state index is 11.9. The van der Waals surface area contributed by atoms with E-state index in [4.69, 9.17) is 22.5 Å². The molecule has 2 heterocycles. The van der Waals surface area contributed by atoms with Gasteiger partial charge < -0.3 is 16.4 Å². The molecule has 3 rings (SSSR count). The summed E-state index contributed by atoms with van der Waals surface area (Å²) in [5.74, 6) is 0.138. The molecular formula is C11H11N6O2S+. The summed E-state index contributed by atoms with van der Waals surface area (Å²) in [7, 11) is 0. The summed E-state index contributed by atoms with van der Waals surface area (Å²) in [5, 5.41) is 8.32. The Morgan fingerprint density at radius 3 is 2.80 bits per heavy atom. The van der Waals surface area contributed by atoms with Crippen LogP contribution in [0.15, 0.2) is 44.6 Å². The molecule has 5 N–H and O–H groups in total. The molecule has 1 aromatic heterocycles. The number of aromatic nitrogens is 2. The number of nitrogens with zero attached hydrogens (tertiary/aromatic N) is 2. The summed E-state index contributed by atoms with van der Waals surface area (Å²) in [6.45, 7) is 0. The normalized spacial score (nSPS) is 18.1. The molecule has 102 valence electrons. The van der Waals surface area contributed by atoms with Crippen LogP contribution in [0.4, 0.5) is 0 Å². The van der Waals surface area contributed by atoms with Gasteiger partial charge in [-0.3, -0.25) is 4.52 Å². The third-order valence-electron chi connectivity index (χ3n) is 2.73. The topological polar surface area (TPSA) is 112 Å². The molecule has 1 atom stereocenters. The second kappa shape index (κ2) is 4.78. The van der Waals surface area contributed by atoms with Crippen molar-refractivity contribution in [1.82, 2.24) is 15.9 Å². The molecule has 1 unspecified atom stereocenters. The second-order valence-electron chi connectivity index (χ2n) is 4.05. The van der Waals surface area contributed by atoms with E-state index in [9.17, 15) is 4.79 Å². The van der Waals surface area contributed by atoms with E-state index < -0.39 is 11.8 Å². The van der Waals surface area contributed by atoms with Gasteiger partial charge in [-0.05, 0) is 22.2 Å². The lowest BCUT2D eigenvalue weighted by Crippen LogP contribution is -2.52. The maximum Gasteiger partial charge on any atom is 0.434 e. The van der Waals surface area contributed by atoms with Gasteiger partial charge in [-0.2, -0.15) is 0 Å². The third kappa shape index (κ3) is 2.14. The van der Waals surface area contributed by atoms with E-state index in [1.165, 1.54) is 4.68 Å². The first-order valence-electron chi connectivity index (χ1n) is 5.75. The Morgan fingerprint density at radius 2 is 2.10 bits per heavy atom. The largest absolute Gasteiger partial charge is 0.434 e. The van der Waals surface area contributed by atoms with Crippen LogP contribution in [0, 0.1) is 0 Å². The molecular weight excluding hydrogens is 280 g/mol. The predicted octanol–water partition coefficient (Wildman–Crippen LogP) is -0.964. The van der Waals surface area contributed by atoms with E-state index >= 15 is 0 Å². The summed E-state index contributed by atoms with van der Waals surface area (Å²) in [4.78, 5) is 16.0. The monoisotopic (exact) mass is 291 g/mol. The van der Waals surface area contributed by atoms with E-state index in [1.54, 1.807) is 0 Å². The minimum absolute atomic E-state index is 0.138. The van der Waals surface area contributed by atoms with E-state index in [0.717, 1.165) is 5.69 Å². The number of hydrogen-bond donors (Lipinski definition) is 4. The Kier molecular flexibility index (Phi) is 2.95. The molecule has 0 aliphatic carbocycles. The molecule has 8 nitrogen and oxygen atoms in total. The summed E-state index contributed by atoms with van der Waals surface area (Å²) in [6, 6.07) is 9.20. The fourth-order valence-electron chi connectivity index (χ4n) is 1.89. The smallest absolute Gasteiger partial charge is 0.370 e. The predicted molar refractivity (Wildman–Crippen MR) is 74.1 cm³/mol. The summed E-state index contributed by atoms with van der Waals surface area (Å²) in [5.41, 5.74) is 6.05. The number of benzene rings is 1. The highest BCUT2D eigenvalue weighted by molar-refractivity contribution is 7.80. The van der Waals surface area contributed by atoms with E-state index in [-0.39, 0.29) is 11.7 Å². The van der Waals surface area contributed by atoms with Crippen LogP contribution in [-0.4, -0.2) is 16.3 Å². The van der Waals surface area contributed by atoms with Crippen LogP contribution < -0.4 is 26.7 Å². The van der Waals surface area contributed by atoms with Crippen molar-refractivity contribution in [1.29, 1.82) is 0 Å². The van der Waals surface area contributed by atoms with Gasteiger partial charge in [0.2, 0.25) is 11.9 Å². The lowest BCUT2D eigenvalue weighted by Gasteiger charge is -2.19. The van der Waals surface area contributed by atoms with Gasteiger partial charge in [0, 0.05) is 12.1 Å². The van der Waals surface area contributed by atoms with Gasteiger partial charge in [-0.1, -0.05) is 18.2 Å². The molecule has 9 heteroatoms. The number of para-hydroxylation sites is 1. The van der Waals surface area contributed by atoms with Crippen LogP contribution >= 0.6 is 12.2 Å². The standard InChI is InChI=1S/C11H10N6O2S/c12-10-13-8(14-11(20)15-10)7-9(18)19-16-17(7)6-4-2-1-3-5-6/h1-5,8H,(H4-,12,13,14,15,16,18,20)/p+1. The first-order chi connectivity index (χ1) is 9.65.